The minimum Gasteiger partial charge on any atom is -0.383 e. The Bertz CT molecular complexity index is 1220. The number of nitrogens with zero attached hydrogens (tertiary/aromatic N) is 2. The van der Waals surface area contributed by atoms with Crippen molar-refractivity contribution in [1.82, 2.24) is 15.3 Å². The number of aryl methyl sites for hydroxylation is 1. The Morgan fingerprint density at radius 3 is 2.59 bits per heavy atom. The summed E-state index contributed by atoms with van der Waals surface area (Å²) in [4.78, 5) is 32.7. The maximum atomic E-state index is 12.3. The molecule has 1 aliphatic carbocycles. The highest BCUT2D eigenvalue weighted by molar-refractivity contribution is 5.99. The Morgan fingerprint density at radius 2 is 1.94 bits per heavy atom. The molecular formula is C22H20F3N5O2. The first kappa shape index (κ1) is 21.5. The lowest BCUT2D eigenvalue weighted by Crippen LogP contribution is -2.33. The first-order valence-electron chi connectivity index (χ1n) is 9.94. The molecule has 0 bridgehead atoms. The zero-order valence-electron chi connectivity index (χ0n) is 17.1. The van der Waals surface area contributed by atoms with Gasteiger partial charge in [0.05, 0.1) is 5.69 Å². The molecule has 0 unspecified atom stereocenters. The number of amides is 2. The molecule has 0 spiro atoms. The number of pyridine rings is 2. The number of halogens is 3. The van der Waals surface area contributed by atoms with Gasteiger partial charge in [0.15, 0.2) is 0 Å². The third kappa shape index (κ3) is 4.79. The van der Waals surface area contributed by atoms with Crippen LogP contribution in [0.15, 0.2) is 36.5 Å². The molecule has 1 aliphatic rings. The van der Waals surface area contributed by atoms with Gasteiger partial charge >= 0.3 is 6.18 Å². The van der Waals surface area contributed by atoms with Gasteiger partial charge in [-0.25, -0.2) is 9.97 Å². The molecule has 0 atom stereocenters. The third-order valence-electron chi connectivity index (χ3n) is 5.16. The van der Waals surface area contributed by atoms with Gasteiger partial charge in [0.25, 0.3) is 5.91 Å². The second-order valence-electron chi connectivity index (χ2n) is 7.77. The zero-order valence-corrected chi connectivity index (χ0v) is 17.1. The second-order valence-corrected chi connectivity index (χ2v) is 7.77. The number of nitrogen functional groups attached to an aromatic ring is 1. The quantitative estimate of drug-likeness (QED) is 0.555. The molecule has 3 aromatic rings. The number of fused-ring (bicyclic) bond motifs is 1. The maximum Gasteiger partial charge on any atom is 0.405 e. The fourth-order valence-corrected chi connectivity index (χ4v) is 3.33. The summed E-state index contributed by atoms with van der Waals surface area (Å²) in [6.07, 6.45) is -1.18. The normalized spacial score (nSPS) is 13.8. The van der Waals surface area contributed by atoms with Gasteiger partial charge in [-0.15, -0.1) is 0 Å². The summed E-state index contributed by atoms with van der Waals surface area (Å²) in [7, 11) is 0. The Hall–Kier alpha value is -3.69. The van der Waals surface area contributed by atoms with Crippen LogP contribution in [0.25, 0.3) is 22.0 Å². The van der Waals surface area contributed by atoms with Crippen LogP contribution in [0, 0.1) is 12.8 Å². The Labute approximate surface area is 181 Å². The summed E-state index contributed by atoms with van der Waals surface area (Å²) in [5.74, 6) is -0.171. The number of nitrogens with two attached hydrogens (primary N) is 1. The predicted octanol–water partition coefficient (Wildman–Crippen LogP) is 3.83. The fraction of sp³-hybridized carbons (Fsp3) is 0.273. The molecule has 0 saturated heterocycles. The molecular weight excluding hydrogens is 423 g/mol. The smallest absolute Gasteiger partial charge is 0.383 e. The molecule has 2 heterocycles. The van der Waals surface area contributed by atoms with Gasteiger partial charge in [-0.05, 0) is 55.0 Å². The Morgan fingerprint density at radius 1 is 1.19 bits per heavy atom. The molecule has 4 N–H and O–H groups in total. The first-order chi connectivity index (χ1) is 15.1. The van der Waals surface area contributed by atoms with Crippen molar-refractivity contribution in [1.29, 1.82) is 0 Å². The van der Waals surface area contributed by atoms with E-state index in [4.69, 9.17) is 5.73 Å². The van der Waals surface area contributed by atoms with Crippen LogP contribution in [0.5, 0.6) is 0 Å². The molecule has 166 valence electrons. The van der Waals surface area contributed by atoms with E-state index in [1.54, 1.807) is 31.3 Å². The van der Waals surface area contributed by atoms with Crippen molar-refractivity contribution in [3.8, 4) is 11.3 Å². The minimum atomic E-state index is -4.48. The van der Waals surface area contributed by atoms with E-state index in [0.29, 0.717) is 28.0 Å². The molecule has 1 saturated carbocycles. The second kappa shape index (κ2) is 8.10. The summed E-state index contributed by atoms with van der Waals surface area (Å²) in [5, 5.41) is 5.99. The van der Waals surface area contributed by atoms with Crippen molar-refractivity contribution < 1.29 is 22.8 Å². The number of hydrogen-bond donors (Lipinski definition) is 3. The molecule has 32 heavy (non-hydrogen) atoms. The summed E-state index contributed by atoms with van der Waals surface area (Å²) in [5.41, 5.74) is 8.06. The molecule has 10 heteroatoms. The number of rotatable bonds is 5. The van der Waals surface area contributed by atoms with E-state index in [9.17, 15) is 22.8 Å². The molecule has 2 amide bonds. The monoisotopic (exact) mass is 443 g/mol. The number of aromatic nitrogens is 2. The molecule has 1 fully saturated rings. The SMILES string of the molecule is Cc1cc(C(=O)NCC(F)(F)F)ccc1-c1cc2cc(NC(=O)C3CC3)ncc2c(N)n1. The largest absolute Gasteiger partial charge is 0.405 e. The Kier molecular flexibility index (Phi) is 5.45. The van der Waals surface area contributed by atoms with Gasteiger partial charge in [-0.2, -0.15) is 13.2 Å². The van der Waals surface area contributed by atoms with Crippen molar-refractivity contribution in [2.24, 2.45) is 5.92 Å². The van der Waals surface area contributed by atoms with Gasteiger partial charge in [0.1, 0.15) is 18.2 Å². The van der Waals surface area contributed by atoms with Crippen molar-refractivity contribution in [3.05, 3.63) is 47.7 Å². The van der Waals surface area contributed by atoms with Gasteiger partial charge in [0.2, 0.25) is 5.91 Å². The minimum absolute atomic E-state index is 0.0417. The van der Waals surface area contributed by atoms with Crippen LogP contribution < -0.4 is 16.4 Å². The Balaban J connectivity index is 1.61. The van der Waals surface area contributed by atoms with Crippen molar-refractivity contribution >= 4 is 34.2 Å². The first-order valence-corrected chi connectivity index (χ1v) is 9.94. The van der Waals surface area contributed by atoms with Gasteiger partial charge in [-0.1, -0.05) is 6.07 Å². The summed E-state index contributed by atoms with van der Waals surface area (Å²) in [6, 6.07) is 8.04. The van der Waals surface area contributed by atoms with E-state index >= 15 is 0 Å². The molecule has 7 nitrogen and oxygen atoms in total. The van der Waals surface area contributed by atoms with Crippen LogP contribution in [0.2, 0.25) is 0 Å². The highest BCUT2D eigenvalue weighted by atomic mass is 19.4. The molecule has 1 aromatic carbocycles. The molecule has 4 rings (SSSR count). The number of nitrogens with one attached hydrogen (secondary N) is 2. The number of anilines is 2. The van der Waals surface area contributed by atoms with Gasteiger partial charge in [-0.3, -0.25) is 9.59 Å². The van der Waals surface area contributed by atoms with Crippen LogP contribution in [-0.2, 0) is 4.79 Å². The molecule has 2 aromatic heterocycles. The highest BCUT2D eigenvalue weighted by Gasteiger charge is 2.30. The third-order valence-corrected chi connectivity index (χ3v) is 5.16. The van der Waals surface area contributed by atoms with Crippen LogP contribution in [0.3, 0.4) is 0 Å². The van der Waals surface area contributed by atoms with Crippen molar-refractivity contribution in [2.75, 3.05) is 17.6 Å². The van der Waals surface area contributed by atoms with Crippen LogP contribution in [-0.4, -0.2) is 34.5 Å². The summed E-state index contributed by atoms with van der Waals surface area (Å²) < 4.78 is 37.0. The summed E-state index contributed by atoms with van der Waals surface area (Å²) in [6.45, 7) is 0.328. The number of hydrogen-bond acceptors (Lipinski definition) is 5. The van der Waals surface area contributed by atoms with Crippen LogP contribution in [0.1, 0.15) is 28.8 Å². The van der Waals surface area contributed by atoms with E-state index in [1.807, 2.05) is 5.32 Å². The topological polar surface area (TPSA) is 110 Å². The van der Waals surface area contributed by atoms with Crippen LogP contribution >= 0.6 is 0 Å². The average molecular weight is 443 g/mol. The lowest BCUT2D eigenvalue weighted by atomic mass is 10.0. The maximum absolute atomic E-state index is 12.3. The molecule has 0 aliphatic heterocycles. The number of carbonyl (C=O) groups excluding carboxylic acids is 2. The van der Waals surface area contributed by atoms with Gasteiger partial charge < -0.3 is 16.4 Å². The summed E-state index contributed by atoms with van der Waals surface area (Å²) >= 11 is 0. The van der Waals surface area contributed by atoms with E-state index in [1.165, 1.54) is 12.1 Å². The van der Waals surface area contributed by atoms with Crippen LogP contribution in [0.4, 0.5) is 24.8 Å². The fourth-order valence-electron chi connectivity index (χ4n) is 3.33. The number of carbonyl (C=O) groups is 2. The zero-order chi connectivity index (χ0) is 23.0. The standard InChI is InChI=1S/C22H20F3N5O2/c1-11-6-13(20(31)28-10-22(23,24)25)4-5-15(11)17-7-14-8-18(30-21(32)12-2-3-12)27-9-16(14)19(26)29-17/h4-9,12H,2-3,10H2,1H3,(H2,26,29)(H,28,31)(H,27,30,32). The van der Waals surface area contributed by atoms with Crippen molar-refractivity contribution in [3.63, 3.8) is 0 Å². The molecule has 0 radical (unpaired) electrons. The van der Waals surface area contributed by atoms with E-state index < -0.39 is 18.6 Å². The highest BCUT2D eigenvalue weighted by Crippen LogP contribution is 2.32. The lowest BCUT2D eigenvalue weighted by Gasteiger charge is -2.12. The van der Waals surface area contributed by atoms with E-state index in [2.05, 4.69) is 15.3 Å². The van der Waals surface area contributed by atoms with Crippen molar-refractivity contribution in [2.45, 2.75) is 25.9 Å². The number of benzene rings is 1. The average Bonchev–Trinajstić information content (AvgIpc) is 3.56. The van der Waals surface area contributed by atoms with E-state index in [-0.39, 0.29) is 23.2 Å². The number of alkyl halides is 3. The predicted molar refractivity (Wildman–Crippen MR) is 114 cm³/mol. The van der Waals surface area contributed by atoms with Gasteiger partial charge in [0, 0.05) is 28.6 Å². The lowest BCUT2D eigenvalue weighted by molar-refractivity contribution is -0.123. The van der Waals surface area contributed by atoms with E-state index in [0.717, 1.165) is 18.2 Å².